The highest BCUT2D eigenvalue weighted by atomic mass is 16.3. The number of fused-ring (bicyclic) bond motifs is 1. The van der Waals surface area contributed by atoms with Crippen LogP contribution in [0.5, 0.6) is 0 Å². The minimum absolute atomic E-state index is 0.00197. The van der Waals surface area contributed by atoms with E-state index in [2.05, 4.69) is 0 Å². The van der Waals surface area contributed by atoms with E-state index < -0.39 is 0 Å². The fourth-order valence-electron chi connectivity index (χ4n) is 2.13. The minimum Gasteiger partial charge on any atom is -0.463 e. The lowest BCUT2D eigenvalue weighted by Gasteiger charge is -2.00. The van der Waals surface area contributed by atoms with E-state index in [1.807, 2.05) is 61.5 Å². The first-order chi connectivity index (χ1) is 9.74. The highest BCUT2D eigenvalue weighted by Gasteiger charge is 2.04. The Morgan fingerprint density at radius 1 is 1.00 bits per heavy atom. The summed E-state index contributed by atoms with van der Waals surface area (Å²) in [5.74, 6) is 0. The van der Waals surface area contributed by atoms with E-state index in [9.17, 15) is 4.79 Å². The Balaban J connectivity index is 2.07. The van der Waals surface area contributed by atoms with E-state index in [-0.39, 0.29) is 5.43 Å². The summed E-state index contributed by atoms with van der Waals surface area (Å²) in [6.45, 7) is 1.96. The van der Waals surface area contributed by atoms with Crippen LogP contribution in [0.3, 0.4) is 0 Å². The number of hydrogen-bond acceptors (Lipinski definition) is 2. The molecule has 0 unspecified atom stereocenters. The molecule has 0 fully saturated rings. The van der Waals surface area contributed by atoms with Gasteiger partial charge in [0.15, 0.2) is 5.43 Å². The number of benzene rings is 2. The number of rotatable bonds is 2. The average molecular weight is 262 g/mol. The van der Waals surface area contributed by atoms with Crippen LogP contribution in [0.1, 0.15) is 16.7 Å². The van der Waals surface area contributed by atoms with Gasteiger partial charge in [0.05, 0.1) is 10.9 Å². The van der Waals surface area contributed by atoms with Gasteiger partial charge in [0.25, 0.3) is 0 Å². The topological polar surface area (TPSA) is 30.2 Å². The van der Waals surface area contributed by atoms with Crippen molar-refractivity contribution in [3.8, 4) is 0 Å². The van der Waals surface area contributed by atoms with Crippen LogP contribution in [0.4, 0.5) is 0 Å². The Morgan fingerprint density at radius 2 is 1.80 bits per heavy atom. The normalized spacial score (nSPS) is 11.2. The molecule has 2 aromatic carbocycles. The summed E-state index contributed by atoms with van der Waals surface area (Å²) in [5.41, 5.74) is 3.29. The smallest absolute Gasteiger partial charge is 0.199 e. The lowest BCUT2D eigenvalue weighted by molar-refractivity contribution is 0.601. The predicted octanol–water partition coefficient (Wildman–Crippen LogP) is 4.27. The molecule has 0 radical (unpaired) electrons. The maximum absolute atomic E-state index is 12.4. The van der Waals surface area contributed by atoms with E-state index in [4.69, 9.17) is 4.42 Å². The maximum atomic E-state index is 12.4. The lowest BCUT2D eigenvalue weighted by Crippen LogP contribution is -2.04. The molecule has 3 aromatic rings. The summed E-state index contributed by atoms with van der Waals surface area (Å²) >= 11 is 0. The van der Waals surface area contributed by atoms with Gasteiger partial charge in [0.1, 0.15) is 11.8 Å². The standard InChI is InChI=1S/C18H14O2/c1-13-7-10-17-16(11-13)18(19)15(12-20-17)9-8-14-5-3-2-4-6-14/h2-12H,1H3/b9-8-. The highest BCUT2D eigenvalue weighted by Crippen LogP contribution is 2.14. The van der Waals surface area contributed by atoms with Gasteiger partial charge in [-0.2, -0.15) is 0 Å². The van der Waals surface area contributed by atoms with Crippen molar-refractivity contribution < 1.29 is 4.42 Å². The molecule has 0 amide bonds. The zero-order valence-corrected chi connectivity index (χ0v) is 11.2. The second-order valence-electron chi connectivity index (χ2n) is 4.76. The fraction of sp³-hybridized carbons (Fsp3) is 0.0556. The lowest BCUT2D eigenvalue weighted by atomic mass is 10.1. The van der Waals surface area contributed by atoms with Crippen molar-refractivity contribution in [3.05, 3.63) is 81.7 Å². The van der Waals surface area contributed by atoms with Crippen LogP contribution in [0.25, 0.3) is 23.1 Å². The molecule has 0 saturated heterocycles. The van der Waals surface area contributed by atoms with Crippen LogP contribution in [0, 0.1) is 6.92 Å². The van der Waals surface area contributed by atoms with Gasteiger partial charge in [0, 0.05) is 0 Å². The van der Waals surface area contributed by atoms with E-state index in [1.165, 1.54) is 6.26 Å². The summed E-state index contributed by atoms with van der Waals surface area (Å²) in [6.07, 6.45) is 5.22. The van der Waals surface area contributed by atoms with Gasteiger partial charge in [-0.1, -0.05) is 48.0 Å². The molecule has 0 aliphatic rings. The largest absolute Gasteiger partial charge is 0.463 e. The quantitative estimate of drug-likeness (QED) is 0.690. The molecule has 2 heteroatoms. The molecule has 1 heterocycles. The molecule has 0 saturated carbocycles. The van der Waals surface area contributed by atoms with Crippen LogP contribution in [0.2, 0.25) is 0 Å². The zero-order valence-electron chi connectivity index (χ0n) is 11.2. The van der Waals surface area contributed by atoms with Gasteiger partial charge in [-0.05, 0) is 30.7 Å². The molecule has 0 aliphatic heterocycles. The summed E-state index contributed by atoms with van der Waals surface area (Å²) in [7, 11) is 0. The molecular weight excluding hydrogens is 248 g/mol. The first-order valence-electron chi connectivity index (χ1n) is 6.49. The zero-order chi connectivity index (χ0) is 13.9. The van der Waals surface area contributed by atoms with Crippen molar-refractivity contribution in [2.45, 2.75) is 6.92 Å². The van der Waals surface area contributed by atoms with Crippen molar-refractivity contribution in [2.75, 3.05) is 0 Å². The molecule has 2 nitrogen and oxygen atoms in total. The van der Waals surface area contributed by atoms with Gasteiger partial charge < -0.3 is 4.42 Å². The van der Waals surface area contributed by atoms with Crippen molar-refractivity contribution in [1.82, 2.24) is 0 Å². The first kappa shape index (κ1) is 12.4. The minimum atomic E-state index is 0.00197. The highest BCUT2D eigenvalue weighted by molar-refractivity contribution is 5.81. The summed E-state index contributed by atoms with van der Waals surface area (Å²) < 4.78 is 5.52. The third-order valence-corrected chi connectivity index (χ3v) is 3.21. The molecule has 0 atom stereocenters. The molecular formula is C18H14O2. The van der Waals surface area contributed by atoms with E-state index in [0.717, 1.165) is 11.1 Å². The maximum Gasteiger partial charge on any atom is 0.199 e. The van der Waals surface area contributed by atoms with Crippen molar-refractivity contribution >= 4 is 23.1 Å². The van der Waals surface area contributed by atoms with Gasteiger partial charge >= 0.3 is 0 Å². The third kappa shape index (κ3) is 2.41. The molecule has 1 aromatic heterocycles. The van der Waals surface area contributed by atoms with E-state index >= 15 is 0 Å². The van der Waals surface area contributed by atoms with Crippen LogP contribution < -0.4 is 5.43 Å². The van der Waals surface area contributed by atoms with Crippen molar-refractivity contribution in [2.24, 2.45) is 0 Å². The summed E-state index contributed by atoms with van der Waals surface area (Å²) in [4.78, 5) is 12.4. The fourth-order valence-corrected chi connectivity index (χ4v) is 2.13. The van der Waals surface area contributed by atoms with Gasteiger partial charge in [-0.3, -0.25) is 4.79 Å². The van der Waals surface area contributed by atoms with Gasteiger partial charge in [-0.25, -0.2) is 0 Å². The van der Waals surface area contributed by atoms with Crippen molar-refractivity contribution in [3.63, 3.8) is 0 Å². The second kappa shape index (κ2) is 5.17. The molecule has 0 spiro atoms. The molecule has 3 rings (SSSR count). The van der Waals surface area contributed by atoms with Gasteiger partial charge in [0.2, 0.25) is 0 Å². The van der Waals surface area contributed by atoms with E-state index in [0.29, 0.717) is 16.5 Å². The first-order valence-corrected chi connectivity index (χ1v) is 6.49. The SMILES string of the molecule is Cc1ccc2occ(/C=C\c3ccccc3)c(=O)c2c1. The Morgan fingerprint density at radius 3 is 2.60 bits per heavy atom. The Kier molecular flexibility index (Phi) is 3.21. The van der Waals surface area contributed by atoms with Crippen LogP contribution >= 0.6 is 0 Å². The summed E-state index contributed by atoms with van der Waals surface area (Å²) in [5, 5.41) is 0.625. The summed E-state index contributed by atoms with van der Waals surface area (Å²) in [6, 6.07) is 15.5. The second-order valence-corrected chi connectivity index (χ2v) is 4.76. The molecule has 98 valence electrons. The Labute approximate surface area is 117 Å². The van der Waals surface area contributed by atoms with Crippen LogP contribution in [-0.2, 0) is 0 Å². The van der Waals surface area contributed by atoms with Crippen molar-refractivity contribution in [1.29, 1.82) is 0 Å². The molecule has 0 aliphatic carbocycles. The molecule has 0 N–H and O–H groups in total. The Bertz CT molecular complexity index is 827. The average Bonchev–Trinajstić information content (AvgIpc) is 2.48. The van der Waals surface area contributed by atoms with Crippen LogP contribution in [-0.4, -0.2) is 0 Å². The monoisotopic (exact) mass is 262 g/mol. The molecule has 0 bridgehead atoms. The number of hydrogen-bond donors (Lipinski definition) is 0. The Hall–Kier alpha value is -2.61. The number of aryl methyl sites for hydroxylation is 1. The van der Waals surface area contributed by atoms with E-state index in [1.54, 1.807) is 6.08 Å². The van der Waals surface area contributed by atoms with Gasteiger partial charge in [-0.15, -0.1) is 0 Å². The third-order valence-electron chi connectivity index (χ3n) is 3.21. The predicted molar refractivity (Wildman–Crippen MR) is 82.6 cm³/mol. The molecule has 20 heavy (non-hydrogen) atoms. The van der Waals surface area contributed by atoms with Crippen LogP contribution in [0.15, 0.2) is 64.0 Å².